The number of rotatable bonds is 8. The maximum Gasteiger partial charge on any atom is 0.166 e. The molecule has 7 heteroatoms. The molecule has 0 spiro atoms. The zero-order valence-electron chi connectivity index (χ0n) is 17.9. The predicted octanol–water partition coefficient (Wildman–Crippen LogP) is 0.629. The minimum atomic E-state index is -0.370. The lowest BCUT2D eigenvalue weighted by Crippen LogP contribution is -3.13. The van der Waals surface area contributed by atoms with Gasteiger partial charge in [-0.05, 0) is 36.4 Å². The van der Waals surface area contributed by atoms with Crippen LogP contribution in [-0.4, -0.2) is 62.7 Å². The van der Waals surface area contributed by atoms with Crippen molar-refractivity contribution in [1.29, 1.82) is 0 Å². The molecule has 0 saturated carbocycles. The van der Waals surface area contributed by atoms with Gasteiger partial charge in [0.2, 0.25) is 0 Å². The highest BCUT2D eigenvalue weighted by atomic mass is 16.5. The average molecular weight is 415 g/mol. The molecule has 1 saturated heterocycles. The van der Waals surface area contributed by atoms with Crippen LogP contribution in [0.2, 0.25) is 0 Å². The van der Waals surface area contributed by atoms with Crippen molar-refractivity contribution in [3.63, 3.8) is 0 Å². The first kappa shape index (κ1) is 21.9. The fourth-order valence-electron chi connectivity index (χ4n) is 3.89. The monoisotopic (exact) mass is 414 g/mol. The number of carbonyl (C=O) groups is 1. The van der Waals surface area contributed by atoms with Gasteiger partial charge in [-0.25, -0.2) is 0 Å². The van der Waals surface area contributed by atoms with E-state index in [0.717, 1.165) is 38.3 Å². The van der Waals surface area contributed by atoms with Gasteiger partial charge in [-0.3, -0.25) is 9.69 Å². The van der Waals surface area contributed by atoms with E-state index in [0.29, 0.717) is 23.6 Å². The number of methoxy groups -OCH3 is 2. The molecule has 2 aromatic carbocycles. The van der Waals surface area contributed by atoms with Crippen molar-refractivity contribution in [2.75, 3.05) is 46.9 Å². The van der Waals surface area contributed by atoms with E-state index in [9.17, 15) is 15.0 Å². The molecule has 30 heavy (non-hydrogen) atoms. The van der Waals surface area contributed by atoms with Crippen LogP contribution in [0.3, 0.4) is 0 Å². The topological polar surface area (TPSA) is 86.5 Å². The summed E-state index contributed by atoms with van der Waals surface area (Å²) >= 11 is 0. The number of aromatic hydroxyl groups is 1. The number of carbonyl (C=O) groups excluding carboxylic acids is 1. The molecule has 2 aromatic rings. The Kier molecular flexibility index (Phi) is 7.18. The highest BCUT2D eigenvalue weighted by Gasteiger charge is 2.22. The van der Waals surface area contributed by atoms with Crippen LogP contribution in [0.4, 0.5) is 0 Å². The normalized spacial score (nSPS) is 15.2. The summed E-state index contributed by atoms with van der Waals surface area (Å²) in [6.07, 6.45) is 0.0713. The number of piperazine rings is 1. The predicted molar refractivity (Wildman–Crippen MR) is 112 cm³/mol. The van der Waals surface area contributed by atoms with E-state index in [1.54, 1.807) is 25.3 Å². The van der Waals surface area contributed by atoms with E-state index < -0.39 is 0 Å². The van der Waals surface area contributed by atoms with Crippen LogP contribution in [0.1, 0.15) is 28.4 Å². The molecule has 1 fully saturated rings. The summed E-state index contributed by atoms with van der Waals surface area (Å²) in [6.45, 7) is 7.36. The van der Waals surface area contributed by atoms with Crippen LogP contribution in [-0.2, 0) is 13.0 Å². The van der Waals surface area contributed by atoms with Crippen molar-refractivity contribution in [3.8, 4) is 23.0 Å². The molecule has 0 radical (unpaired) electrons. The molecule has 3 rings (SSSR count). The first-order chi connectivity index (χ1) is 14.5. The van der Waals surface area contributed by atoms with Crippen molar-refractivity contribution in [3.05, 3.63) is 47.0 Å². The van der Waals surface area contributed by atoms with Crippen LogP contribution < -0.4 is 19.5 Å². The molecular weight excluding hydrogens is 384 g/mol. The highest BCUT2D eigenvalue weighted by molar-refractivity contribution is 6.00. The molecule has 2 N–H and O–H groups in total. The quantitative estimate of drug-likeness (QED) is 0.617. The summed E-state index contributed by atoms with van der Waals surface area (Å²) < 4.78 is 10.5. The molecule has 1 aliphatic rings. The zero-order valence-corrected chi connectivity index (χ0v) is 17.9. The summed E-state index contributed by atoms with van der Waals surface area (Å²) in [5.74, 6) is 0.431. The van der Waals surface area contributed by atoms with Gasteiger partial charge in [-0.2, -0.15) is 0 Å². The molecule has 0 aromatic heterocycles. The zero-order chi connectivity index (χ0) is 21.7. The number of hydrogen-bond donors (Lipinski definition) is 2. The largest absolute Gasteiger partial charge is 0.872 e. The Hall–Kier alpha value is -2.77. The number of phenols is 1. The Morgan fingerprint density at radius 2 is 1.83 bits per heavy atom. The minimum absolute atomic E-state index is 0.0342. The van der Waals surface area contributed by atoms with Crippen LogP contribution >= 0.6 is 0 Å². The molecule has 0 amide bonds. The van der Waals surface area contributed by atoms with E-state index in [1.807, 2.05) is 0 Å². The minimum Gasteiger partial charge on any atom is -0.872 e. The molecule has 0 unspecified atom stereocenters. The van der Waals surface area contributed by atoms with Gasteiger partial charge in [0.15, 0.2) is 17.3 Å². The van der Waals surface area contributed by atoms with E-state index in [2.05, 4.69) is 11.8 Å². The molecule has 7 nitrogen and oxygen atoms in total. The summed E-state index contributed by atoms with van der Waals surface area (Å²) in [7, 11) is 3.09. The first-order valence-electron chi connectivity index (χ1n) is 10.3. The average Bonchev–Trinajstić information content (AvgIpc) is 2.76. The summed E-state index contributed by atoms with van der Waals surface area (Å²) in [5.41, 5.74) is 1.17. The number of phenolic OH excluding ortho intramolecular Hbond substituents is 1. The number of ketones is 1. The lowest BCUT2D eigenvalue weighted by molar-refractivity contribution is -0.918. The van der Waals surface area contributed by atoms with Gasteiger partial charge in [0.1, 0.15) is 12.3 Å². The molecule has 1 aliphatic heterocycles. The Labute approximate surface area is 177 Å². The Balaban J connectivity index is 1.76. The number of quaternary nitrogens is 1. The maximum absolute atomic E-state index is 13.0. The molecule has 162 valence electrons. The van der Waals surface area contributed by atoms with Crippen LogP contribution in [0, 0.1) is 0 Å². The summed E-state index contributed by atoms with van der Waals surface area (Å²) in [5, 5.41) is 23.3. The maximum atomic E-state index is 13.0. The molecule has 1 heterocycles. The molecule has 0 aliphatic carbocycles. The fraction of sp³-hybridized carbons (Fsp3) is 0.435. The van der Waals surface area contributed by atoms with Crippen LogP contribution in [0.5, 0.6) is 23.0 Å². The van der Waals surface area contributed by atoms with Gasteiger partial charge in [-0.15, -0.1) is 0 Å². The standard InChI is InChI=1S/C23H30N2O5/c1-4-24-9-11-25(12-10-24)15-18-19(26)7-6-17(23(18)28)20(27)13-16-5-8-21(29-2)22(14-16)30-3/h5-8,14,26,28H,4,9-13,15H2,1-3H3. The van der Waals surface area contributed by atoms with Gasteiger partial charge in [-0.1, -0.05) is 18.7 Å². The lowest BCUT2D eigenvalue weighted by atomic mass is 9.98. The Morgan fingerprint density at radius 3 is 2.47 bits per heavy atom. The van der Waals surface area contributed by atoms with Crippen molar-refractivity contribution in [2.45, 2.75) is 19.9 Å². The first-order valence-corrected chi connectivity index (χ1v) is 10.3. The van der Waals surface area contributed by atoms with Crippen molar-refractivity contribution in [2.24, 2.45) is 0 Å². The highest BCUT2D eigenvalue weighted by Crippen LogP contribution is 2.31. The van der Waals surface area contributed by atoms with Gasteiger partial charge in [0.25, 0.3) is 0 Å². The number of ether oxygens (including phenoxy) is 2. The van der Waals surface area contributed by atoms with Crippen LogP contribution in [0.15, 0.2) is 30.3 Å². The fourth-order valence-corrected chi connectivity index (χ4v) is 3.89. The molecular formula is C23H30N2O5. The number of Topliss-reactive ketones (excluding diaryl/α,β-unsaturated/α-hetero) is 1. The second-order valence-electron chi connectivity index (χ2n) is 7.59. The third-order valence-corrected chi connectivity index (χ3v) is 5.79. The number of likely N-dealkylation sites (N-methyl/N-ethyl adjacent to an activating group) is 1. The summed E-state index contributed by atoms with van der Waals surface area (Å²) in [4.78, 5) is 16.5. The van der Waals surface area contributed by atoms with E-state index in [-0.39, 0.29) is 29.3 Å². The number of benzene rings is 2. The van der Waals surface area contributed by atoms with E-state index >= 15 is 0 Å². The summed E-state index contributed by atoms with van der Waals surface area (Å²) in [6, 6.07) is 8.14. The Morgan fingerprint density at radius 1 is 1.13 bits per heavy atom. The van der Waals surface area contributed by atoms with Gasteiger partial charge in [0.05, 0.1) is 27.3 Å². The van der Waals surface area contributed by atoms with Gasteiger partial charge in [0, 0.05) is 30.6 Å². The van der Waals surface area contributed by atoms with E-state index in [1.165, 1.54) is 24.1 Å². The number of nitrogens with zero attached hydrogens (tertiary/aromatic N) is 1. The van der Waals surface area contributed by atoms with E-state index in [4.69, 9.17) is 9.47 Å². The van der Waals surface area contributed by atoms with Gasteiger partial charge >= 0.3 is 0 Å². The molecule has 0 bridgehead atoms. The number of hydrogen-bond acceptors (Lipinski definition) is 6. The smallest absolute Gasteiger partial charge is 0.166 e. The second-order valence-corrected chi connectivity index (χ2v) is 7.59. The second kappa shape index (κ2) is 9.82. The number of nitrogens with one attached hydrogen (secondary N) is 1. The molecule has 0 atom stereocenters. The van der Waals surface area contributed by atoms with Crippen LogP contribution in [0.25, 0.3) is 0 Å². The van der Waals surface area contributed by atoms with Crippen molar-refractivity contribution < 1.29 is 29.4 Å². The third kappa shape index (κ3) is 4.86. The van der Waals surface area contributed by atoms with Gasteiger partial charge < -0.3 is 24.6 Å². The SMILES string of the molecule is CCN1CC[NH+](Cc2c(O)ccc(C(=O)Cc3ccc(OC)c(OC)c3)c2[O-])CC1. The Bertz CT molecular complexity index is 891. The van der Waals surface area contributed by atoms with Crippen molar-refractivity contribution in [1.82, 2.24) is 4.90 Å². The van der Waals surface area contributed by atoms with Crippen molar-refractivity contribution >= 4 is 5.78 Å². The third-order valence-electron chi connectivity index (χ3n) is 5.79. The lowest BCUT2D eigenvalue weighted by Gasteiger charge is -2.32.